The molecule has 2 aliphatic heterocycles. The van der Waals surface area contributed by atoms with E-state index in [1.165, 1.54) is 12.1 Å². The number of nitriles is 1. The lowest BCUT2D eigenvalue weighted by Crippen LogP contribution is -2.64. The first kappa shape index (κ1) is 18.6. The fraction of sp³-hybridized carbons (Fsp3) is 0.364. The zero-order valence-corrected chi connectivity index (χ0v) is 15.7. The van der Waals surface area contributed by atoms with Crippen LogP contribution in [-0.4, -0.2) is 59.4 Å². The van der Waals surface area contributed by atoms with Gasteiger partial charge in [-0.25, -0.2) is 4.39 Å². The Morgan fingerprint density at radius 2 is 1.79 bits per heavy atom. The van der Waals surface area contributed by atoms with Crippen molar-refractivity contribution in [2.75, 3.05) is 32.7 Å². The molecule has 0 N–H and O–H groups in total. The van der Waals surface area contributed by atoms with Gasteiger partial charge in [0.25, 0.3) is 0 Å². The monoisotopic (exact) mass is 378 g/mol. The first-order valence-corrected chi connectivity index (χ1v) is 9.61. The van der Waals surface area contributed by atoms with Crippen LogP contribution in [0.3, 0.4) is 0 Å². The maximum atomic E-state index is 13.1. The van der Waals surface area contributed by atoms with Crippen LogP contribution in [0.4, 0.5) is 4.39 Å². The van der Waals surface area contributed by atoms with Crippen molar-refractivity contribution >= 4 is 5.91 Å². The standard InChI is InChI=1S/C22H23FN4O/c23-20-6-4-17(5-7-20)15-27-11-10-26-9-8-25(16-21(26)22(27)28)14-19-3-1-2-18(12-19)13-24/h1-7,12,21H,8-11,14-16H2/t21-/m0/s1. The summed E-state index contributed by atoms with van der Waals surface area (Å²) < 4.78 is 13.1. The highest BCUT2D eigenvalue weighted by Gasteiger charge is 2.38. The number of carbonyl (C=O) groups is 1. The van der Waals surface area contributed by atoms with E-state index in [2.05, 4.69) is 15.9 Å². The molecule has 2 fully saturated rings. The van der Waals surface area contributed by atoms with Crippen molar-refractivity contribution in [3.63, 3.8) is 0 Å². The van der Waals surface area contributed by atoms with Crippen LogP contribution in [0.5, 0.6) is 0 Å². The molecule has 0 aromatic heterocycles. The van der Waals surface area contributed by atoms with E-state index in [9.17, 15) is 9.18 Å². The molecule has 28 heavy (non-hydrogen) atoms. The molecule has 5 nitrogen and oxygen atoms in total. The van der Waals surface area contributed by atoms with Crippen LogP contribution in [-0.2, 0) is 17.9 Å². The summed E-state index contributed by atoms with van der Waals surface area (Å²) in [6, 6.07) is 16.0. The van der Waals surface area contributed by atoms with Crippen molar-refractivity contribution in [3.8, 4) is 6.07 Å². The number of piperazine rings is 2. The fourth-order valence-electron chi connectivity index (χ4n) is 4.06. The number of hydrogen-bond donors (Lipinski definition) is 0. The Labute approximate surface area is 164 Å². The number of amides is 1. The Morgan fingerprint density at radius 1 is 1.00 bits per heavy atom. The van der Waals surface area contributed by atoms with Crippen molar-refractivity contribution in [1.29, 1.82) is 5.26 Å². The molecule has 0 aliphatic carbocycles. The highest BCUT2D eigenvalue weighted by molar-refractivity contribution is 5.83. The number of benzene rings is 2. The number of rotatable bonds is 4. The molecule has 0 bridgehead atoms. The van der Waals surface area contributed by atoms with Gasteiger partial charge >= 0.3 is 0 Å². The quantitative estimate of drug-likeness (QED) is 0.819. The first-order chi connectivity index (χ1) is 13.6. The van der Waals surface area contributed by atoms with Crippen LogP contribution in [0, 0.1) is 17.1 Å². The van der Waals surface area contributed by atoms with Gasteiger partial charge in [0.2, 0.25) is 5.91 Å². The zero-order chi connectivity index (χ0) is 19.5. The summed E-state index contributed by atoms with van der Waals surface area (Å²) in [6.07, 6.45) is 0. The van der Waals surface area contributed by atoms with E-state index in [-0.39, 0.29) is 17.8 Å². The molecule has 0 spiro atoms. The van der Waals surface area contributed by atoms with Crippen molar-refractivity contribution in [1.82, 2.24) is 14.7 Å². The molecule has 2 saturated heterocycles. The van der Waals surface area contributed by atoms with E-state index in [4.69, 9.17) is 5.26 Å². The molecule has 0 radical (unpaired) electrons. The van der Waals surface area contributed by atoms with Crippen LogP contribution < -0.4 is 0 Å². The molecule has 2 aromatic rings. The average molecular weight is 378 g/mol. The van der Waals surface area contributed by atoms with Gasteiger partial charge in [0.1, 0.15) is 11.9 Å². The molecule has 0 unspecified atom stereocenters. The topological polar surface area (TPSA) is 50.6 Å². The van der Waals surface area contributed by atoms with Gasteiger partial charge < -0.3 is 4.90 Å². The summed E-state index contributed by atoms with van der Waals surface area (Å²) in [4.78, 5) is 19.5. The van der Waals surface area contributed by atoms with E-state index in [0.717, 1.165) is 37.3 Å². The second kappa shape index (κ2) is 8.09. The summed E-state index contributed by atoms with van der Waals surface area (Å²) >= 11 is 0. The van der Waals surface area contributed by atoms with Crippen molar-refractivity contribution in [2.45, 2.75) is 19.1 Å². The smallest absolute Gasteiger partial charge is 0.241 e. The average Bonchev–Trinajstić information content (AvgIpc) is 2.72. The highest BCUT2D eigenvalue weighted by atomic mass is 19.1. The van der Waals surface area contributed by atoms with Gasteiger partial charge in [-0.1, -0.05) is 24.3 Å². The number of hydrogen-bond acceptors (Lipinski definition) is 4. The zero-order valence-electron chi connectivity index (χ0n) is 15.7. The molecule has 0 saturated carbocycles. The second-order valence-electron chi connectivity index (χ2n) is 7.49. The molecule has 1 atom stereocenters. The summed E-state index contributed by atoms with van der Waals surface area (Å²) in [5.74, 6) is -0.116. The van der Waals surface area contributed by atoms with E-state index in [1.807, 2.05) is 23.1 Å². The maximum Gasteiger partial charge on any atom is 0.241 e. The number of halogens is 1. The summed E-state index contributed by atoms with van der Waals surface area (Å²) in [6.45, 7) is 5.32. The lowest BCUT2D eigenvalue weighted by molar-refractivity contribution is -0.146. The van der Waals surface area contributed by atoms with Crippen LogP contribution in [0.15, 0.2) is 48.5 Å². The molecule has 4 rings (SSSR count). The Bertz CT molecular complexity index is 892. The van der Waals surface area contributed by atoms with Gasteiger partial charge in [0.15, 0.2) is 0 Å². The molecule has 2 aromatic carbocycles. The Balaban J connectivity index is 1.41. The molecular formula is C22H23FN4O. The van der Waals surface area contributed by atoms with Crippen LogP contribution in [0.2, 0.25) is 0 Å². The summed E-state index contributed by atoms with van der Waals surface area (Å²) in [7, 11) is 0. The Morgan fingerprint density at radius 3 is 2.57 bits per heavy atom. The molecule has 6 heteroatoms. The molecule has 2 heterocycles. The first-order valence-electron chi connectivity index (χ1n) is 9.61. The van der Waals surface area contributed by atoms with Gasteiger partial charge in [-0.3, -0.25) is 14.6 Å². The van der Waals surface area contributed by atoms with Gasteiger partial charge in [0, 0.05) is 45.8 Å². The van der Waals surface area contributed by atoms with E-state index in [0.29, 0.717) is 25.2 Å². The molecule has 144 valence electrons. The maximum absolute atomic E-state index is 13.1. The minimum Gasteiger partial charge on any atom is -0.336 e. The van der Waals surface area contributed by atoms with E-state index >= 15 is 0 Å². The summed E-state index contributed by atoms with van der Waals surface area (Å²) in [5, 5.41) is 9.08. The minimum absolute atomic E-state index is 0.137. The van der Waals surface area contributed by atoms with E-state index in [1.54, 1.807) is 18.2 Å². The minimum atomic E-state index is -0.261. The fourth-order valence-corrected chi connectivity index (χ4v) is 4.06. The van der Waals surface area contributed by atoms with Crippen LogP contribution in [0.25, 0.3) is 0 Å². The van der Waals surface area contributed by atoms with Gasteiger partial charge in [-0.2, -0.15) is 5.26 Å². The van der Waals surface area contributed by atoms with Gasteiger partial charge in [0.05, 0.1) is 11.6 Å². The second-order valence-corrected chi connectivity index (χ2v) is 7.49. The van der Waals surface area contributed by atoms with Crippen molar-refractivity contribution in [2.24, 2.45) is 0 Å². The van der Waals surface area contributed by atoms with Gasteiger partial charge in [-0.15, -0.1) is 0 Å². The van der Waals surface area contributed by atoms with Crippen LogP contribution >= 0.6 is 0 Å². The predicted molar refractivity (Wildman–Crippen MR) is 104 cm³/mol. The van der Waals surface area contributed by atoms with Crippen molar-refractivity contribution in [3.05, 3.63) is 71.0 Å². The van der Waals surface area contributed by atoms with Gasteiger partial charge in [-0.05, 0) is 35.4 Å². The summed E-state index contributed by atoms with van der Waals surface area (Å²) in [5.41, 5.74) is 2.71. The third-order valence-electron chi connectivity index (χ3n) is 5.58. The largest absolute Gasteiger partial charge is 0.336 e. The lowest BCUT2D eigenvalue weighted by atomic mass is 10.0. The van der Waals surface area contributed by atoms with E-state index < -0.39 is 0 Å². The SMILES string of the molecule is N#Cc1cccc(CN2CCN3CCN(Cc4ccc(F)cc4)C(=O)[C@@H]3C2)c1. The number of nitrogens with zero attached hydrogens (tertiary/aromatic N) is 4. The molecule has 1 amide bonds. The molecule has 2 aliphatic rings. The van der Waals surface area contributed by atoms with Crippen LogP contribution in [0.1, 0.15) is 16.7 Å². The number of carbonyl (C=O) groups excluding carboxylic acids is 1. The Hall–Kier alpha value is -2.75. The normalized spacial score (nSPS) is 20.6. The predicted octanol–water partition coefficient (Wildman–Crippen LogP) is 2.23. The molecular weight excluding hydrogens is 355 g/mol. The third kappa shape index (κ3) is 4.06. The third-order valence-corrected chi connectivity index (χ3v) is 5.58. The lowest BCUT2D eigenvalue weighted by Gasteiger charge is -2.46. The van der Waals surface area contributed by atoms with Crippen molar-refractivity contribution < 1.29 is 9.18 Å². The number of fused-ring (bicyclic) bond motifs is 1. The highest BCUT2D eigenvalue weighted by Crippen LogP contribution is 2.20. The Kier molecular flexibility index (Phi) is 5.38.